The molecule has 6 heteroatoms. The van der Waals surface area contributed by atoms with Crippen LogP contribution in [0.3, 0.4) is 0 Å². The summed E-state index contributed by atoms with van der Waals surface area (Å²) in [6.45, 7) is 5.67. The van der Waals surface area contributed by atoms with E-state index in [1.54, 1.807) is 24.2 Å². The monoisotopic (exact) mass is 432 g/mol. The van der Waals surface area contributed by atoms with Crippen molar-refractivity contribution in [1.82, 2.24) is 15.3 Å². The van der Waals surface area contributed by atoms with Gasteiger partial charge in [0.05, 0.1) is 12.0 Å². The Labute approximate surface area is 188 Å². The number of aryl methyl sites for hydroxylation is 1. The van der Waals surface area contributed by atoms with Crippen molar-refractivity contribution in [3.63, 3.8) is 0 Å². The van der Waals surface area contributed by atoms with Crippen LogP contribution in [0.2, 0.25) is 0 Å². The van der Waals surface area contributed by atoms with Crippen molar-refractivity contribution in [3.8, 4) is 0 Å². The number of rotatable bonds is 6. The number of piperidine rings is 1. The van der Waals surface area contributed by atoms with Crippen LogP contribution in [0.1, 0.15) is 36.9 Å². The van der Waals surface area contributed by atoms with Gasteiger partial charge in [0, 0.05) is 30.4 Å². The van der Waals surface area contributed by atoms with Gasteiger partial charge in [0.1, 0.15) is 5.03 Å². The molecule has 1 N–H and O–H groups in total. The Morgan fingerprint density at radius 1 is 1.13 bits per heavy atom. The Hall–Kier alpha value is -2.86. The molecule has 2 aromatic carbocycles. The summed E-state index contributed by atoms with van der Waals surface area (Å²) in [7, 11) is 0. The molecule has 0 bridgehead atoms. The van der Waals surface area contributed by atoms with Crippen molar-refractivity contribution in [1.29, 1.82) is 0 Å². The first-order chi connectivity index (χ1) is 15.1. The lowest BCUT2D eigenvalue weighted by Crippen LogP contribution is -2.44. The maximum Gasteiger partial charge on any atom is 0.225 e. The summed E-state index contributed by atoms with van der Waals surface area (Å²) in [6.07, 6.45) is 5.32. The van der Waals surface area contributed by atoms with E-state index in [1.165, 1.54) is 5.56 Å². The van der Waals surface area contributed by atoms with E-state index in [4.69, 9.17) is 0 Å². The molecule has 0 aliphatic carbocycles. The average Bonchev–Trinajstić information content (AvgIpc) is 2.80. The van der Waals surface area contributed by atoms with Gasteiger partial charge in [0.25, 0.3) is 0 Å². The first-order valence-corrected chi connectivity index (χ1v) is 11.6. The lowest BCUT2D eigenvalue weighted by molar-refractivity contribution is -0.125. The fraction of sp³-hybridized carbons (Fsp3) is 0.320. The van der Waals surface area contributed by atoms with Gasteiger partial charge in [0.2, 0.25) is 5.91 Å². The number of carbonyl (C=O) groups is 1. The van der Waals surface area contributed by atoms with Gasteiger partial charge >= 0.3 is 0 Å². The van der Waals surface area contributed by atoms with Gasteiger partial charge < -0.3 is 10.2 Å². The maximum absolute atomic E-state index is 13.0. The molecule has 1 aliphatic heterocycles. The van der Waals surface area contributed by atoms with Crippen LogP contribution in [0.25, 0.3) is 0 Å². The zero-order valence-electron chi connectivity index (χ0n) is 18.0. The minimum absolute atomic E-state index is 0.00645. The highest BCUT2D eigenvalue weighted by Crippen LogP contribution is 2.34. The molecule has 2 heterocycles. The maximum atomic E-state index is 13.0. The van der Waals surface area contributed by atoms with Crippen LogP contribution in [0.4, 0.5) is 5.82 Å². The van der Waals surface area contributed by atoms with Gasteiger partial charge in [-0.3, -0.25) is 4.79 Å². The summed E-state index contributed by atoms with van der Waals surface area (Å²) in [4.78, 5) is 25.6. The quantitative estimate of drug-likeness (QED) is 0.592. The van der Waals surface area contributed by atoms with E-state index in [1.807, 2.05) is 37.3 Å². The van der Waals surface area contributed by atoms with E-state index in [2.05, 4.69) is 51.4 Å². The van der Waals surface area contributed by atoms with Crippen molar-refractivity contribution >= 4 is 23.5 Å². The summed E-state index contributed by atoms with van der Waals surface area (Å²) in [6, 6.07) is 18.5. The third kappa shape index (κ3) is 5.44. The molecule has 0 radical (unpaired) electrons. The number of hydrogen-bond acceptors (Lipinski definition) is 5. The Balaban J connectivity index is 1.45. The molecule has 3 aromatic rings. The second-order valence-corrected chi connectivity index (χ2v) is 9.09. The second-order valence-electron chi connectivity index (χ2n) is 8.03. The summed E-state index contributed by atoms with van der Waals surface area (Å²) < 4.78 is 0. The Bertz CT molecular complexity index is 1030. The van der Waals surface area contributed by atoms with Crippen molar-refractivity contribution < 1.29 is 4.79 Å². The topological polar surface area (TPSA) is 58.1 Å². The molecule has 0 spiro atoms. The zero-order valence-corrected chi connectivity index (χ0v) is 18.8. The molecule has 0 unspecified atom stereocenters. The van der Waals surface area contributed by atoms with Crippen LogP contribution in [-0.4, -0.2) is 29.0 Å². The van der Waals surface area contributed by atoms with Gasteiger partial charge in [-0.1, -0.05) is 59.8 Å². The molecule has 1 saturated heterocycles. The Kier molecular flexibility index (Phi) is 6.87. The van der Waals surface area contributed by atoms with Gasteiger partial charge in [-0.15, -0.1) is 0 Å². The third-order valence-corrected chi connectivity index (χ3v) is 6.57. The predicted molar refractivity (Wildman–Crippen MR) is 125 cm³/mol. The largest absolute Gasteiger partial charge is 0.354 e. The number of benzene rings is 2. The van der Waals surface area contributed by atoms with E-state index < -0.39 is 0 Å². The summed E-state index contributed by atoms with van der Waals surface area (Å²) in [5, 5.41) is 4.07. The fourth-order valence-electron chi connectivity index (χ4n) is 3.94. The zero-order chi connectivity index (χ0) is 21.6. The molecule has 4 rings (SSSR count). The summed E-state index contributed by atoms with van der Waals surface area (Å²) in [5.74, 6) is 0.916. The molecule has 1 aliphatic rings. The number of nitrogens with one attached hydrogen (secondary N) is 1. The Morgan fingerprint density at radius 3 is 2.74 bits per heavy atom. The second kappa shape index (κ2) is 9.96. The first kappa shape index (κ1) is 21.4. The molecule has 1 fully saturated rings. The summed E-state index contributed by atoms with van der Waals surface area (Å²) >= 11 is 1.62. The highest BCUT2D eigenvalue weighted by molar-refractivity contribution is 7.99. The first-order valence-electron chi connectivity index (χ1n) is 10.8. The third-order valence-electron chi connectivity index (χ3n) is 5.60. The highest BCUT2D eigenvalue weighted by atomic mass is 32.2. The SMILES string of the molecule is Cc1cccc(Sc2nccnc2N2CCC[C@@H](C(=O)N[C@H](C)c3ccccc3)C2)c1. The molecule has 31 heavy (non-hydrogen) atoms. The van der Waals surface area contributed by atoms with E-state index in [0.717, 1.165) is 40.7 Å². The minimum Gasteiger partial charge on any atom is -0.354 e. The van der Waals surface area contributed by atoms with E-state index >= 15 is 0 Å². The molecule has 2 atom stereocenters. The molecular formula is C25H28N4OS. The normalized spacial score (nSPS) is 17.2. The fourth-order valence-corrected chi connectivity index (χ4v) is 4.94. The predicted octanol–water partition coefficient (Wildman–Crippen LogP) is 5.03. The molecule has 1 amide bonds. The van der Waals surface area contributed by atoms with Crippen molar-refractivity contribution in [2.75, 3.05) is 18.0 Å². The number of amides is 1. The van der Waals surface area contributed by atoms with Crippen LogP contribution in [0, 0.1) is 12.8 Å². The highest BCUT2D eigenvalue weighted by Gasteiger charge is 2.29. The lowest BCUT2D eigenvalue weighted by atomic mass is 9.96. The van der Waals surface area contributed by atoms with E-state index in [9.17, 15) is 4.79 Å². The lowest BCUT2D eigenvalue weighted by Gasteiger charge is -2.34. The molecule has 0 saturated carbocycles. The summed E-state index contributed by atoms with van der Waals surface area (Å²) in [5.41, 5.74) is 2.34. The average molecular weight is 433 g/mol. The molecule has 160 valence electrons. The van der Waals surface area contributed by atoms with Crippen molar-refractivity contribution in [2.24, 2.45) is 5.92 Å². The van der Waals surface area contributed by atoms with Gasteiger partial charge in [-0.05, 0) is 44.4 Å². The number of hydrogen-bond donors (Lipinski definition) is 1. The molecular weight excluding hydrogens is 404 g/mol. The number of aromatic nitrogens is 2. The number of anilines is 1. The van der Waals surface area contributed by atoms with Gasteiger partial charge in [-0.2, -0.15) is 0 Å². The molecule has 5 nitrogen and oxygen atoms in total. The number of nitrogens with zero attached hydrogens (tertiary/aromatic N) is 3. The van der Waals surface area contributed by atoms with Crippen molar-refractivity contribution in [2.45, 2.75) is 42.7 Å². The van der Waals surface area contributed by atoms with E-state index in [-0.39, 0.29) is 17.9 Å². The van der Waals surface area contributed by atoms with Crippen LogP contribution in [0.5, 0.6) is 0 Å². The van der Waals surface area contributed by atoms with Gasteiger partial charge in [0.15, 0.2) is 5.82 Å². The molecule has 1 aromatic heterocycles. The minimum atomic E-state index is -0.0567. The van der Waals surface area contributed by atoms with Crippen LogP contribution in [0.15, 0.2) is 76.9 Å². The van der Waals surface area contributed by atoms with Crippen LogP contribution >= 0.6 is 11.8 Å². The standard InChI is InChI=1S/C25H28N4OS/c1-18-8-6-12-22(16-18)31-25-23(26-13-14-27-25)29-15-7-11-21(17-29)24(30)28-19(2)20-9-4-3-5-10-20/h3-6,8-10,12-14,16,19,21H,7,11,15,17H2,1-2H3,(H,28,30)/t19-,21-/m1/s1. The van der Waals surface area contributed by atoms with Gasteiger partial charge in [-0.25, -0.2) is 9.97 Å². The van der Waals surface area contributed by atoms with E-state index in [0.29, 0.717) is 6.54 Å². The number of carbonyl (C=O) groups excluding carboxylic acids is 1. The van der Waals surface area contributed by atoms with Crippen LogP contribution < -0.4 is 10.2 Å². The van der Waals surface area contributed by atoms with Crippen molar-refractivity contribution in [3.05, 3.63) is 78.1 Å². The smallest absolute Gasteiger partial charge is 0.225 e. The Morgan fingerprint density at radius 2 is 1.94 bits per heavy atom. The van der Waals surface area contributed by atoms with Crippen LogP contribution in [-0.2, 0) is 4.79 Å².